The monoisotopic (exact) mass is 346 g/mol. The van der Waals surface area contributed by atoms with Gasteiger partial charge in [0, 0.05) is 33.3 Å². The third kappa shape index (κ3) is 3.76. The molecule has 8 heteroatoms. The van der Waals surface area contributed by atoms with Crippen LogP contribution in [0.15, 0.2) is 12.7 Å². The molecular weight excluding hydrogens is 320 g/mol. The van der Waals surface area contributed by atoms with E-state index in [0.717, 1.165) is 6.42 Å². The van der Waals surface area contributed by atoms with Crippen molar-refractivity contribution in [1.82, 2.24) is 8.61 Å². The number of nitrogens with zero attached hydrogens (tertiary/aromatic N) is 2. The highest BCUT2D eigenvalue weighted by Crippen LogP contribution is 2.37. The fraction of sp³-hybridized carbons (Fsp3) is 0.800. The molecule has 7 nitrogen and oxygen atoms in total. The zero-order valence-electron chi connectivity index (χ0n) is 13.6. The van der Waals surface area contributed by atoms with Crippen LogP contribution >= 0.6 is 0 Å². The summed E-state index contributed by atoms with van der Waals surface area (Å²) in [5, 5.41) is 9.47. The topological polar surface area (TPSA) is 87.2 Å². The standard InChI is InChI=1S/C15H26N2O5S/c1-3-5-15(14(18)19)6-9-16(10-7-15)23(20,21)17-8-4-13(11-17)12-22-2/h3,13H,1,4-12H2,2H3,(H,18,19). The molecule has 0 aliphatic carbocycles. The molecule has 0 amide bonds. The third-order valence-corrected chi connectivity index (χ3v) is 6.97. The van der Waals surface area contributed by atoms with Crippen molar-refractivity contribution in [2.45, 2.75) is 25.7 Å². The lowest BCUT2D eigenvalue weighted by Crippen LogP contribution is -2.50. The molecule has 0 saturated carbocycles. The van der Waals surface area contributed by atoms with Crippen LogP contribution in [0.25, 0.3) is 0 Å². The molecule has 0 aromatic rings. The number of ether oxygens (including phenoxy) is 1. The van der Waals surface area contributed by atoms with Crippen LogP contribution in [0.4, 0.5) is 0 Å². The molecule has 23 heavy (non-hydrogen) atoms. The fourth-order valence-electron chi connectivity index (χ4n) is 3.47. The lowest BCUT2D eigenvalue weighted by atomic mass is 9.76. The second kappa shape index (κ2) is 7.29. The number of hydrogen-bond donors (Lipinski definition) is 1. The Kier molecular flexibility index (Phi) is 5.83. The van der Waals surface area contributed by atoms with E-state index >= 15 is 0 Å². The number of aliphatic carboxylic acids is 1. The molecule has 0 aromatic carbocycles. The van der Waals surface area contributed by atoms with E-state index in [4.69, 9.17) is 4.74 Å². The smallest absolute Gasteiger partial charge is 0.310 e. The van der Waals surface area contributed by atoms with E-state index < -0.39 is 21.6 Å². The van der Waals surface area contributed by atoms with Gasteiger partial charge in [0.15, 0.2) is 0 Å². The first-order valence-corrected chi connectivity index (χ1v) is 9.34. The van der Waals surface area contributed by atoms with Crippen molar-refractivity contribution in [3.8, 4) is 0 Å². The van der Waals surface area contributed by atoms with Gasteiger partial charge in [0.2, 0.25) is 0 Å². The number of carbonyl (C=O) groups is 1. The minimum Gasteiger partial charge on any atom is -0.481 e. The number of allylic oxidation sites excluding steroid dienone is 1. The normalized spacial score (nSPS) is 26.2. The molecule has 1 unspecified atom stereocenters. The molecule has 2 saturated heterocycles. The molecule has 2 aliphatic heterocycles. The maximum atomic E-state index is 12.7. The minimum absolute atomic E-state index is 0.235. The summed E-state index contributed by atoms with van der Waals surface area (Å²) in [6.45, 7) is 5.65. The molecule has 1 atom stereocenters. The number of hydrogen-bond acceptors (Lipinski definition) is 4. The molecule has 0 aromatic heterocycles. The van der Waals surface area contributed by atoms with E-state index in [9.17, 15) is 18.3 Å². The van der Waals surface area contributed by atoms with Crippen LogP contribution in [0.2, 0.25) is 0 Å². The molecular formula is C15H26N2O5S. The van der Waals surface area contributed by atoms with Gasteiger partial charge in [-0.25, -0.2) is 0 Å². The van der Waals surface area contributed by atoms with Gasteiger partial charge < -0.3 is 9.84 Å². The second-order valence-electron chi connectivity index (χ2n) is 6.45. The van der Waals surface area contributed by atoms with Gasteiger partial charge in [0.1, 0.15) is 0 Å². The Morgan fingerprint density at radius 2 is 2.00 bits per heavy atom. The highest BCUT2D eigenvalue weighted by Gasteiger charge is 2.44. The van der Waals surface area contributed by atoms with Crippen molar-refractivity contribution in [3.63, 3.8) is 0 Å². The van der Waals surface area contributed by atoms with E-state index in [0.29, 0.717) is 39.0 Å². The molecule has 0 radical (unpaired) electrons. The minimum atomic E-state index is -3.51. The zero-order valence-corrected chi connectivity index (χ0v) is 14.4. The lowest BCUT2D eigenvalue weighted by molar-refractivity contribution is -0.151. The van der Waals surface area contributed by atoms with Gasteiger partial charge in [-0.2, -0.15) is 17.0 Å². The van der Waals surface area contributed by atoms with Crippen molar-refractivity contribution < 1.29 is 23.1 Å². The summed E-state index contributed by atoms with van der Waals surface area (Å²) < 4.78 is 33.5. The first-order valence-electron chi connectivity index (χ1n) is 7.94. The van der Waals surface area contributed by atoms with Crippen LogP contribution in [0.3, 0.4) is 0 Å². The van der Waals surface area contributed by atoms with Crippen LogP contribution < -0.4 is 0 Å². The average Bonchev–Trinajstić information content (AvgIpc) is 2.98. The van der Waals surface area contributed by atoms with Crippen molar-refractivity contribution in [2.24, 2.45) is 11.3 Å². The summed E-state index contributed by atoms with van der Waals surface area (Å²) in [5.74, 6) is -0.630. The summed E-state index contributed by atoms with van der Waals surface area (Å²) >= 11 is 0. The van der Waals surface area contributed by atoms with Crippen LogP contribution in [0, 0.1) is 11.3 Å². The van der Waals surface area contributed by atoms with E-state index in [1.807, 2.05) is 0 Å². The number of rotatable bonds is 7. The zero-order chi connectivity index (χ0) is 17.1. The number of methoxy groups -OCH3 is 1. The maximum absolute atomic E-state index is 12.7. The third-order valence-electron chi connectivity index (χ3n) is 4.97. The van der Waals surface area contributed by atoms with Gasteiger partial charge >= 0.3 is 5.97 Å². The lowest BCUT2D eigenvalue weighted by Gasteiger charge is -2.38. The van der Waals surface area contributed by atoms with Gasteiger partial charge in [0.25, 0.3) is 10.2 Å². The summed E-state index contributed by atoms with van der Waals surface area (Å²) in [5.41, 5.74) is -0.878. The van der Waals surface area contributed by atoms with Gasteiger partial charge in [-0.3, -0.25) is 4.79 Å². The molecule has 132 valence electrons. The van der Waals surface area contributed by atoms with Crippen molar-refractivity contribution in [2.75, 3.05) is 39.9 Å². The van der Waals surface area contributed by atoms with E-state index in [-0.39, 0.29) is 19.0 Å². The number of carboxylic acids is 1. The molecule has 2 heterocycles. The Bertz CT molecular complexity index is 540. The van der Waals surface area contributed by atoms with Crippen LogP contribution in [0.5, 0.6) is 0 Å². The Labute approximate surface area is 138 Å². The Morgan fingerprint density at radius 1 is 1.35 bits per heavy atom. The predicted molar refractivity (Wildman–Crippen MR) is 86.2 cm³/mol. The van der Waals surface area contributed by atoms with Gasteiger partial charge in [-0.05, 0) is 31.6 Å². The summed E-state index contributed by atoms with van der Waals surface area (Å²) in [6, 6.07) is 0. The van der Waals surface area contributed by atoms with Gasteiger partial charge in [0.05, 0.1) is 12.0 Å². The molecule has 2 fully saturated rings. The first-order chi connectivity index (χ1) is 10.9. The van der Waals surface area contributed by atoms with Gasteiger partial charge in [-0.1, -0.05) is 6.08 Å². The molecule has 2 aliphatic rings. The largest absolute Gasteiger partial charge is 0.481 e. The highest BCUT2D eigenvalue weighted by molar-refractivity contribution is 7.86. The second-order valence-corrected chi connectivity index (χ2v) is 8.38. The average molecular weight is 346 g/mol. The fourth-order valence-corrected chi connectivity index (χ4v) is 5.17. The van der Waals surface area contributed by atoms with E-state index in [1.165, 1.54) is 8.61 Å². The van der Waals surface area contributed by atoms with Gasteiger partial charge in [-0.15, -0.1) is 6.58 Å². The molecule has 0 spiro atoms. The molecule has 0 bridgehead atoms. The van der Waals surface area contributed by atoms with Crippen LogP contribution in [0.1, 0.15) is 25.7 Å². The van der Waals surface area contributed by atoms with E-state index in [1.54, 1.807) is 13.2 Å². The summed E-state index contributed by atoms with van der Waals surface area (Å²) in [4.78, 5) is 11.6. The van der Waals surface area contributed by atoms with Crippen LogP contribution in [-0.2, 0) is 19.7 Å². The SMILES string of the molecule is C=CCC1(C(=O)O)CCN(S(=O)(=O)N2CCC(COC)C2)CC1. The number of carboxylic acid groups (broad SMARTS) is 1. The van der Waals surface area contributed by atoms with Crippen molar-refractivity contribution in [3.05, 3.63) is 12.7 Å². The Morgan fingerprint density at radius 3 is 2.52 bits per heavy atom. The van der Waals surface area contributed by atoms with Crippen molar-refractivity contribution >= 4 is 16.2 Å². The van der Waals surface area contributed by atoms with Crippen LogP contribution in [-0.4, -0.2) is 68.0 Å². The quantitative estimate of drug-likeness (QED) is 0.693. The summed E-state index contributed by atoms with van der Waals surface area (Å²) in [7, 11) is -1.89. The Hall–Kier alpha value is -0.960. The predicted octanol–water partition coefficient (Wildman–Crippen LogP) is 0.942. The van der Waals surface area contributed by atoms with E-state index in [2.05, 4.69) is 6.58 Å². The first kappa shape index (κ1) is 18.4. The summed E-state index contributed by atoms with van der Waals surface area (Å²) in [6.07, 6.45) is 3.42. The number of piperidine rings is 1. The molecule has 1 N–H and O–H groups in total. The highest BCUT2D eigenvalue weighted by atomic mass is 32.2. The van der Waals surface area contributed by atoms with Crippen molar-refractivity contribution in [1.29, 1.82) is 0 Å². The Balaban J connectivity index is 2.01. The molecule has 2 rings (SSSR count). The maximum Gasteiger partial charge on any atom is 0.310 e.